The van der Waals surface area contributed by atoms with Crippen LogP contribution in [0.2, 0.25) is 0 Å². The molecule has 3 amide bonds. The molecular formula is C11H21N5O3. The molecule has 1 atom stereocenters. The lowest BCUT2D eigenvalue weighted by Gasteiger charge is -2.35. The number of carbonyl (C=O) groups excluding carboxylic acids is 3. The smallest absolute Gasteiger partial charge is 0.240 e. The number of nitrogens with zero attached hydrogens (tertiary/aromatic N) is 2. The van der Waals surface area contributed by atoms with Crippen molar-refractivity contribution in [2.75, 3.05) is 39.8 Å². The Kier molecular flexibility index (Phi) is 5.71. The average Bonchev–Trinajstić information content (AvgIpc) is 2.37. The number of primary amides is 1. The number of likely N-dealkylation sites (N-methyl/N-ethyl adjacent to an activating group) is 1. The molecule has 0 bridgehead atoms. The Bertz CT molecular complexity index is 352. The van der Waals surface area contributed by atoms with Crippen molar-refractivity contribution >= 4 is 17.7 Å². The molecule has 0 aromatic rings. The molecule has 0 saturated carbocycles. The summed E-state index contributed by atoms with van der Waals surface area (Å²) in [7, 11) is 1.59. The number of rotatable bonds is 5. The Morgan fingerprint density at radius 2 is 1.79 bits per heavy atom. The summed E-state index contributed by atoms with van der Waals surface area (Å²) in [6.07, 6.45) is -0.142. The summed E-state index contributed by atoms with van der Waals surface area (Å²) in [5, 5.41) is 2.55. The quantitative estimate of drug-likeness (QED) is 0.494. The first-order valence-corrected chi connectivity index (χ1v) is 6.19. The Balaban J connectivity index is 2.38. The van der Waals surface area contributed by atoms with Crippen molar-refractivity contribution in [3.05, 3.63) is 0 Å². The molecule has 5 N–H and O–H groups in total. The van der Waals surface area contributed by atoms with Gasteiger partial charge in [0.25, 0.3) is 0 Å². The first-order chi connectivity index (χ1) is 8.93. The van der Waals surface area contributed by atoms with E-state index in [2.05, 4.69) is 5.32 Å². The number of piperazine rings is 1. The molecule has 1 heterocycles. The molecule has 1 unspecified atom stereocenters. The van der Waals surface area contributed by atoms with Gasteiger partial charge in [0.05, 0.1) is 19.0 Å². The highest BCUT2D eigenvalue weighted by Crippen LogP contribution is 2.04. The first-order valence-electron chi connectivity index (χ1n) is 6.19. The van der Waals surface area contributed by atoms with Gasteiger partial charge in [-0.3, -0.25) is 19.3 Å². The normalized spacial score (nSPS) is 17.9. The van der Waals surface area contributed by atoms with E-state index >= 15 is 0 Å². The van der Waals surface area contributed by atoms with Gasteiger partial charge >= 0.3 is 0 Å². The van der Waals surface area contributed by atoms with Crippen molar-refractivity contribution in [2.45, 2.75) is 12.5 Å². The van der Waals surface area contributed by atoms with Crippen molar-refractivity contribution in [3.8, 4) is 0 Å². The predicted molar refractivity (Wildman–Crippen MR) is 68.9 cm³/mol. The molecule has 1 aliphatic heterocycles. The topological polar surface area (TPSA) is 122 Å². The fraction of sp³-hybridized carbons (Fsp3) is 0.727. The van der Waals surface area contributed by atoms with Crippen molar-refractivity contribution in [1.29, 1.82) is 0 Å². The van der Waals surface area contributed by atoms with E-state index in [0.29, 0.717) is 32.7 Å². The van der Waals surface area contributed by atoms with Gasteiger partial charge in [-0.1, -0.05) is 0 Å². The van der Waals surface area contributed by atoms with Crippen LogP contribution < -0.4 is 16.8 Å². The minimum atomic E-state index is -0.872. The molecule has 0 radical (unpaired) electrons. The minimum Gasteiger partial charge on any atom is -0.370 e. The molecule has 0 spiro atoms. The lowest BCUT2D eigenvalue weighted by Crippen LogP contribution is -2.54. The van der Waals surface area contributed by atoms with Crippen molar-refractivity contribution in [2.24, 2.45) is 11.5 Å². The number of hydrogen-bond acceptors (Lipinski definition) is 5. The van der Waals surface area contributed by atoms with Gasteiger partial charge in [-0.15, -0.1) is 0 Å². The summed E-state index contributed by atoms with van der Waals surface area (Å²) in [5.74, 6) is -0.900. The molecule has 108 valence electrons. The molecule has 19 heavy (non-hydrogen) atoms. The highest BCUT2D eigenvalue weighted by atomic mass is 16.2. The average molecular weight is 271 g/mol. The first kappa shape index (κ1) is 15.4. The second kappa shape index (κ2) is 7.05. The SMILES string of the molecule is CNC(=O)CN1CCN(C(=O)C(N)CC(N)=O)CC1. The number of nitrogens with one attached hydrogen (secondary N) is 1. The maximum Gasteiger partial charge on any atom is 0.240 e. The Hall–Kier alpha value is -1.67. The van der Waals surface area contributed by atoms with E-state index in [1.165, 1.54) is 0 Å². The number of amides is 3. The minimum absolute atomic E-state index is 0.0507. The summed E-state index contributed by atoms with van der Waals surface area (Å²) >= 11 is 0. The molecule has 0 aromatic heterocycles. The third-order valence-electron chi connectivity index (χ3n) is 3.07. The van der Waals surface area contributed by atoms with Crippen LogP contribution in [-0.4, -0.2) is 73.3 Å². The zero-order valence-corrected chi connectivity index (χ0v) is 11.1. The number of carbonyl (C=O) groups is 3. The molecule has 1 saturated heterocycles. The molecule has 8 nitrogen and oxygen atoms in total. The zero-order valence-electron chi connectivity index (χ0n) is 11.1. The van der Waals surface area contributed by atoms with E-state index in [-0.39, 0.29) is 18.2 Å². The Morgan fingerprint density at radius 1 is 1.21 bits per heavy atom. The second-order valence-corrected chi connectivity index (χ2v) is 4.55. The number of hydrogen-bond donors (Lipinski definition) is 3. The van der Waals surface area contributed by atoms with Gasteiger partial charge in [0.2, 0.25) is 17.7 Å². The summed E-state index contributed by atoms with van der Waals surface area (Å²) in [6.45, 7) is 2.56. The van der Waals surface area contributed by atoms with Crippen LogP contribution in [-0.2, 0) is 14.4 Å². The van der Waals surface area contributed by atoms with Gasteiger partial charge < -0.3 is 21.7 Å². The summed E-state index contributed by atoms with van der Waals surface area (Å²) < 4.78 is 0. The standard InChI is InChI=1S/C11H21N5O3/c1-14-10(18)7-15-2-4-16(5-3-15)11(19)8(12)6-9(13)17/h8H,2-7,12H2,1H3,(H2,13,17)(H,14,18). The van der Waals surface area contributed by atoms with Gasteiger partial charge in [0.1, 0.15) is 0 Å². The molecule has 8 heteroatoms. The second-order valence-electron chi connectivity index (χ2n) is 4.55. The lowest BCUT2D eigenvalue weighted by molar-refractivity contribution is -0.136. The number of nitrogens with two attached hydrogens (primary N) is 2. The maximum absolute atomic E-state index is 11.9. The van der Waals surface area contributed by atoms with E-state index in [4.69, 9.17) is 11.5 Å². The van der Waals surface area contributed by atoms with Crippen molar-refractivity contribution in [1.82, 2.24) is 15.1 Å². The highest BCUT2D eigenvalue weighted by molar-refractivity contribution is 5.87. The fourth-order valence-electron chi connectivity index (χ4n) is 1.95. The van der Waals surface area contributed by atoms with Crippen LogP contribution in [0.3, 0.4) is 0 Å². The van der Waals surface area contributed by atoms with Crippen LogP contribution in [0.4, 0.5) is 0 Å². The summed E-state index contributed by atoms with van der Waals surface area (Å²) in [5.41, 5.74) is 10.6. The van der Waals surface area contributed by atoms with Crippen LogP contribution >= 0.6 is 0 Å². The largest absolute Gasteiger partial charge is 0.370 e. The zero-order chi connectivity index (χ0) is 14.4. The molecule has 0 aliphatic carbocycles. The fourth-order valence-corrected chi connectivity index (χ4v) is 1.95. The van der Waals surface area contributed by atoms with Gasteiger partial charge in [0, 0.05) is 33.2 Å². The van der Waals surface area contributed by atoms with Gasteiger partial charge in [-0.25, -0.2) is 0 Å². The predicted octanol–water partition coefficient (Wildman–Crippen LogP) is -2.92. The van der Waals surface area contributed by atoms with E-state index in [1.807, 2.05) is 4.90 Å². The van der Waals surface area contributed by atoms with Crippen molar-refractivity contribution < 1.29 is 14.4 Å². The van der Waals surface area contributed by atoms with Crippen LogP contribution in [0.1, 0.15) is 6.42 Å². The summed E-state index contributed by atoms with van der Waals surface area (Å²) in [4.78, 5) is 37.4. The van der Waals surface area contributed by atoms with Crippen molar-refractivity contribution in [3.63, 3.8) is 0 Å². The van der Waals surface area contributed by atoms with E-state index in [1.54, 1.807) is 11.9 Å². The lowest BCUT2D eigenvalue weighted by atomic mass is 10.1. The molecule has 1 rings (SSSR count). The highest BCUT2D eigenvalue weighted by Gasteiger charge is 2.26. The van der Waals surface area contributed by atoms with Gasteiger partial charge in [-0.2, -0.15) is 0 Å². The Morgan fingerprint density at radius 3 is 2.26 bits per heavy atom. The van der Waals surface area contributed by atoms with Gasteiger partial charge in [-0.05, 0) is 0 Å². The third-order valence-corrected chi connectivity index (χ3v) is 3.07. The van der Waals surface area contributed by atoms with Gasteiger partial charge in [0.15, 0.2) is 0 Å². The molecule has 1 fully saturated rings. The molecular weight excluding hydrogens is 250 g/mol. The summed E-state index contributed by atoms with van der Waals surface area (Å²) in [6, 6.07) is -0.872. The van der Waals surface area contributed by atoms with Crippen LogP contribution in [0.5, 0.6) is 0 Å². The third kappa shape index (κ3) is 4.84. The Labute approximate surface area is 112 Å². The van der Waals surface area contributed by atoms with Crippen LogP contribution in [0.25, 0.3) is 0 Å². The van der Waals surface area contributed by atoms with E-state index in [0.717, 1.165) is 0 Å². The molecule has 1 aliphatic rings. The van der Waals surface area contributed by atoms with E-state index in [9.17, 15) is 14.4 Å². The van der Waals surface area contributed by atoms with Crippen LogP contribution in [0, 0.1) is 0 Å². The monoisotopic (exact) mass is 271 g/mol. The molecule has 0 aromatic carbocycles. The van der Waals surface area contributed by atoms with E-state index < -0.39 is 11.9 Å². The maximum atomic E-state index is 11.9. The van der Waals surface area contributed by atoms with Crippen LogP contribution in [0.15, 0.2) is 0 Å².